The van der Waals surface area contributed by atoms with Crippen LogP contribution in [-0.4, -0.2) is 50.9 Å². The van der Waals surface area contributed by atoms with E-state index in [1.807, 2.05) is 18.2 Å². The van der Waals surface area contributed by atoms with E-state index in [-0.39, 0.29) is 45.5 Å². The van der Waals surface area contributed by atoms with Gasteiger partial charge in [-0.1, -0.05) is 47.7 Å². The Morgan fingerprint density at radius 1 is 1.00 bits per heavy atom. The van der Waals surface area contributed by atoms with Crippen LogP contribution in [0.25, 0.3) is 10.9 Å². The zero-order valence-electron chi connectivity index (χ0n) is 22.5. The summed E-state index contributed by atoms with van der Waals surface area (Å²) in [6.45, 7) is 0. The number of rotatable bonds is 10. The molecule has 2 aromatic heterocycles. The normalized spacial score (nSPS) is 11.1. The molecule has 0 saturated heterocycles. The van der Waals surface area contributed by atoms with E-state index in [1.54, 1.807) is 36.5 Å². The van der Waals surface area contributed by atoms with Gasteiger partial charge in [-0.15, -0.1) is 0 Å². The van der Waals surface area contributed by atoms with Crippen molar-refractivity contribution in [2.24, 2.45) is 10.2 Å². The lowest BCUT2D eigenvalue weighted by Gasteiger charge is -2.06. The number of carboxylic acids is 1. The molecule has 0 bridgehead atoms. The third-order valence-corrected chi connectivity index (χ3v) is 7.35. The van der Waals surface area contributed by atoms with Gasteiger partial charge in [-0.25, -0.2) is 14.6 Å². The number of fused-ring (bicyclic) bond motifs is 1. The summed E-state index contributed by atoms with van der Waals surface area (Å²) in [4.78, 5) is 57.1. The van der Waals surface area contributed by atoms with Gasteiger partial charge >= 0.3 is 11.9 Å². The molecular weight excluding hydrogens is 574 g/mol. The number of phenols is 1. The summed E-state index contributed by atoms with van der Waals surface area (Å²) in [6.07, 6.45) is 1.83. The highest BCUT2D eigenvalue weighted by atomic mass is 32.1. The van der Waals surface area contributed by atoms with Crippen molar-refractivity contribution in [3.05, 3.63) is 100 Å². The second kappa shape index (κ2) is 12.4. The summed E-state index contributed by atoms with van der Waals surface area (Å²) in [5.74, 6) is -3.32. The average molecular weight is 598 g/mol. The van der Waals surface area contributed by atoms with Gasteiger partial charge in [-0.3, -0.25) is 9.59 Å². The number of H-pyrrole nitrogens is 1. The number of aryl methyl sites for hydroxylation is 1. The van der Waals surface area contributed by atoms with Gasteiger partial charge < -0.3 is 25.3 Å². The number of benzene rings is 3. The van der Waals surface area contributed by atoms with Gasteiger partial charge in [-0.2, -0.15) is 10.2 Å². The molecule has 43 heavy (non-hydrogen) atoms. The molecule has 216 valence electrons. The zero-order chi connectivity index (χ0) is 30.5. The first-order valence-corrected chi connectivity index (χ1v) is 13.6. The Balaban J connectivity index is 1.31. The van der Waals surface area contributed by atoms with Crippen LogP contribution in [0.5, 0.6) is 5.75 Å². The molecule has 3 aromatic carbocycles. The number of esters is 1. The van der Waals surface area contributed by atoms with E-state index < -0.39 is 23.6 Å². The number of carbonyl (C=O) groups is 4. The molecule has 2 heterocycles. The highest BCUT2D eigenvalue weighted by molar-refractivity contribution is 7.18. The number of thiazole rings is 1. The lowest BCUT2D eigenvalue weighted by molar-refractivity contribution is -0.116. The number of hydrogen-bond donors (Lipinski definition) is 4. The van der Waals surface area contributed by atoms with Gasteiger partial charge in [0.05, 0.1) is 24.0 Å². The Bertz CT molecular complexity index is 1910. The van der Waals surface area contributed by atoms with Gasteiger partial charge in [0, 0.05) is 23.5 Å². The first-order chi connectivity index (χ1) is 20.7. The van der Waals surface area contributed by atoms with Gasteiger partial charge in [0.25, 0.3) is 0 Å². The molecule has 5 aromatic rings. The van der Waals surface area contributed by atoms with Crippen molar-refractivity contribution in [2.45, 2.75) is 12.8 Å². The van der Waals surface area contributed by atoms with E-state index in [9.17, 15) is 29.4 Å². The number of anilines is 1. The van der Waals surface area contributed by atoms with E-state index in [0.29, 0.717) is 22.2 Å². The monoisotopic (exact) mass is 597 g/mol. The number of nitrogens with zero attached hydrogens (tertiary/aromatic N) is 3. The first-order valence-electron chi connectivity index (χ1n) is 12.8. The molecule has 0 aliphatic carbocycles. The number of carbonyl (C=O) groups excluding carboxylic acids is 3. The standard InChI is InChI=1S/C30H23N5O7S/c1-42-30(41)25-27(43-28(33-25)26(38)20-15-31-22-9-5-3-7-18(20)22)32-24(37)13-10-16-6-2-4-8-21(16)35-34-17-11-12-23(36)19(14-17)29(39)40/h2-9,11-12,14-15,31,36H,10,13H2,1H3,(H,32,37)(H,39,40). The van der Waals surface area contributed by atoms with Crippen LogP contribution in [0.15, 0.2) is 83.2 Å². The zero-order valence-corrected chi connectivity index (χ0v) is 23.3. The number of aromatic hydroxyl groups is 1. The number of azo groups is 1. The molecule has 0 atom stereocenters. The van der Waals surface area contributed by atoms with Crippen LogP contribution in [0.1, 0.15) is 48.2 Å². The highest BCUT2D eigenvalue weighted by Gasteiger charge is 2.25. The smallest absolute Gasteiger partial charge is 0.359 e. The number of nitrogens with one attached hydrogen (secondary N) is 2. The molecule has 13 heteroatoms. The van der Waals surface area contributed by atoms with Crippen LogP contribution in [0.2, 0.25) is 0 Å². The SMILES string of the molecule is COC(=O)c1nc(C(=O)c2c[nH]c3ccccc23)sc1NC(=O)CCc1ccccc1N=Nc1ccc(O)c(C(=O)O)c1. The summed E-state index contributed by atoms with van der Waals surface area (Å²) in [5, 5.41) is 30.7. The molecule has 4 N–H and O–H groups in total. The maximum absolute atomic E-state index is 13.3. The largest absolute Gasteiger partial charge is 0.507 e. The van der Waals surface area contributed by atoms with Gasteiger partial charge in [0.15, 0.2) is 10.7 Å². The van der Waals surface area contributed by atoms with Crippen LogP contribution >= 0.6 is 11.3 Å². The maximum atomic E-state index is 13.3. The minimum absolute atomic E-state index is 0.000848. The van der Waals surface area contributed by atoms with E-state index in [4.69, 9.17) is 4.74 Å². The predicted molar refractivity (Wildman–Crippen MR) is 158 cm³/mol. The Kier molecular flexibility index (Phi) is 8.34. The molecule has 12 nitrogen and oxygen atoms in total. The molecule has 0 aliphatic heterocycles. The molecule has 0 radical (unpaired) electrons. The minimum atomic E-state index is -1.30. The summed E-state index contributed by atoms with van der Waals surface area (Å²) in [6, 6.07) is 18.1. The number of ketones is 1. The number of aromatic nitrogens is 2. The molecule has 5 rings (SSSR count). The third kappa shape index (κ3) is 6.31. The van der Waals surface area contributed by atoms with Crippen molar-refractivity contribution in [3.8, 4) is 5.75 Å². The molecule has 1 amide bonds. The number of aromatic amines is 1. The fraction of sp³-hybridized carbons (Fsp3) is 0.100. The number of para-hydroxylation sites is 1. The lowest BCUT2D eigenvalue weighted by atomic mass is 10.1. The van der Waals surface area contributed by atoms with Crippen LogP contribution in [0.4, 0.5) is 16.4 Å². The Morgan fingerprint density at radius 3 is 2.56 bits per heavy atom. The van der Waals surface area contributed by atoms with Gasteiger partial charge in [0.1, 0.15) is 16.3 Å². The van der Waals surface area contributed by atoms with Gasteiger partial charge in [0.2, 0.25) is 11.7 Å². The number of methoxy groups -OCH3 is 1. The molecule has 0 unspecified atom stereocenters. The van der Waals surface area contributed by atoms with Crippen LogP contribution in [-0.2, 0) is 16.0 Å². The quantitative estimate of drug-likeness (QED) is 0.0854. The number of hydrogen-bond acceptors (Lipinski definition) is 10. The van der Waals surface area contributed by atoms with Crippen LogP contribution in [0.3, 0.4) is 0 Å². The first kappa shape index (κ1) is 28.8. The van der Waals surface area contributed by atoms with E-state index in [2.05, 4.69) is 25.5 Å². The summed E-state index contributed by atoms with van der Waals surface area (Å²) in [5.41, 5.74) is 2.05. The summed E-state index contributed by atoms with van der Waals surface area (Å²) < 4.78 is 4.82. The van der Waals surface area contributed by atoms with E-state index >= 15 is 0 Å². The maximum Gasteiger partial charge on any atom is 0.359 e. The Labute approximate surface area is 247 Å². The molecule has 0 saturated carbocycles. The van der Waals surface area contributed by atoms with Crippen molar-refractivity contribution in [1.82, 2.24) is 9.97 Å². The lowest BCUT2D eigenvalue weighted by Crippen LogP contribution is -2.14. The predicted octanol–water partition coefficient (Wildman–Crippen LogP) is 6.03. The molecular formula is C30H23N5O7S. The van der Waals surface area contributed by atoms with E-state index in [0.717, 1.165) is 16.9 Å². The number of ether oxygens (including phenoxy) is 1. The molecule has 0 fully saturated rings. The van der Waals surface area contributed by atoms with Gasteiger partial charge in [-0.05, 0) is 42.3 Å². The second-order valence-corrected chi connectivity index (χ2v) is 10.1. The van der Waals surface area contributed by atoms with Crippen molar-refractivity contribution in [2.75, 3.05) is 12.4 Å². The fourth-order valence-corrected chi connectivity index (χ4v) is 5.16. The number of carboxylic acid groups (broad SMARTS) is 1. The van der Waals surface area contributed by atoms with Crippen molar-refractivity contribution in [3.63, 3.8) is 0 Å². The molecule has 0 spiro atoms. The summed E-state index contributed by atoms with van der Waals surface area (Å²) >= 11 is 0.881. The topological polar surface area (TPSA) is 183 Å². The van der Waals surface area contributed by atoms with Crippen LogP contribution in [0, 0.1) is 0 Å². The third-order valence-electron chi connectivity index (χ3n) is 6.38. The number of aromatic carboxylic acids is 1. The second-order valence-electron chi connectivity index (χ2n) is 9.15. The average Bonchev–Trinajstić information content (AvgIpc) is 3.64. The van der Waals surface area contributed by atoms with E-state index in [1.165, 1.54) is 25.3 Å². The Morgan fingerprint density at radius 2 is 1.77 bits per heavy atom. The van der Waals surface area contributed by atoms with Crippen molar-refractivity contribution >= 4 is 62.2 Å². The van der Waals surface area contributed by atoms with Crippen molar-refractivity contribution < 1.29 is 34.1 Å². The fourth-order valence-electron chi connectivity index (χ4n) is 4.24. The molecule has 0 aliphatic rings. The van der Waals surface area contributed by atoms with Crippen LogP contribution < -0.4 is 5.32 Å². The highest BCUT2D eigenvalue weighted by Crippen LogP contribution is 2.30. The van der Waals surface area contributed by atoms with Crippen molar-refractivity contribution in [1.29, 1.82) is 0 Å². The minimum Gasteiger partial charge on any atom is -0.507 e. The Hall–Kier alpha value is -5.69. The number of amides is 1. The summed E-state index contributed by atoms with van der Waals surface area (Å²) in [7, 11) is 1.18.